The molecular formula is C29H30N2O2S. The number of piperidine rings is 1. The van der Waals surface area contributed by atoms with E-state index in [-0.39, 0.29) is 17.9 Å². The molecule has 4 nitrogen and oxygen atoms in total. The fourth-order valence-corrected chi connectivity index (χ4v) is 5.79. The number of carbonyl (C=O) groups is 1. The molecule has 1 saturated heterocycles. The molecule has 3 aromatic carbocycles. The van der Waals surface area contributed by atoms with Gasteiger partial charge in [0.2, 0.25) is 5.91 Å². The third kappa shape index (κ3) is 4.85. The Kier molecular flexibility index (Phi) is 6.63. The molecule has 0 unspecified atom stereocenters. The van der Waals surface area contributed by atoms with Gasteiger partial charge in [0, 0.05) is 38.3 Å². The number of hydrogen-bond donors (Lipinski definition) is 0. The highest BCUT2D eigenvalue weighted by molar-refractivity contribution is 7.20. The summed E-state index contributed by atoms with van der Waals surface area (Å²) in [6, 6.07) is 24.9. The topological polar surface area (TPSA) is 42.4 Å². The van der Waals surface area contributed by atoms with Crippen LogP contribution in [0, 0.1) is 13.8 Å². The summed E-state index contributed by atoms with van der Waals surface area (Å²) in [5, 5.41) is 0.741. The summed E-state index contributed by atoms with van der Waals surface area (Å²) in [6.07, 6.45) is 2.25. The number of likely N-dealkylation sites (tertiary alicyclic amines) is 1. The highest BCUT2D eigenvalue weighted by atomic mass is 32.1. The number of aryl methyl sites for hydroxylation is 2. The number of aromatic nitrogens is 1. The molecule has 1 amide bonds. The number of nitrogens with zero attached hydrogens (tertiary/aromatic N) is 2. The molecular weight excluding hydrogens is 440 g/mol. The first-order valence-electron chi connectivity index (χ1n) is 12.0. The van der Waals surface area contributed by atoms with Gasteiger partial charge in [0.25, 0.3) is 5.19 Å². The average molecular weight is 471 g/mol. The zero-order valence-corrected chi connectivity index (χ0v) is 20.6. The minimum Gasteiger partial charge on any atom is -0.467 e. The van der Waals surface area contributed by atoms with Crippen molar-refractivity contribution in [2.45, 2.75) is 45.1 Å². The lowest BCUT2D eigenvalue weighted by Gasteiger charge is -2.32. The predicted octanol–water partition coefficient (Wildman–Crippen LogP) is 6.51. The Labute approximate surface area is 205 Å². The molecule has 0 N–H and O–H groups in total. The van der Waals surface area contributed by atoms with Crippen LogP contribution in [0.3, 0.4) is 0 Å². The van der Waals surface area contributed by atoms with Gasteiger partial charge in [-0.05, 0) is 36.1 Å². The van der Waals surface area contributed by atoms with Crippen molar-refractivity contribution in [1.82, 2.24) is 9.88 Å². The Morgan fingerprint density at radius 3 is 2.12 bits per heavy atom. The Morgan fingerprint density at radius 1 is 0.941 bits per heavy atom. The molecule has 1 fully saturated rings. The minimum absolute atomic E-state index is 0.0677. The zero-order valence-electron chi connectivity index (χ0n) is 19.7. The molecule has 0 atom stereocenters. The number of benzene rings is 3. The molecule has 1 aliphatic rings. The van der Waals surface area contributed by atoms with E-state index >= 15 is 0 Å². The van der Waals surface area contributed by atoms with Crippen LogP contribution in [0.15, 0.2) is 72.8 Å². The van der Waals surface area contributed by atoms with Crippen LogP contribution in [0.4, 0.5) is 0 Å². The highest BCUT2D eigenvalue weighted by Crippen LogP contribution is 2.34. The van der Waals surface area contributed by atoms with Gasteiger partial charge in [0.1, 0.15) is 6.10 Å². The van der Waals surface area contributed by atoms with Gasteiger partial charge in [-0.15, -0.1) is 0 Å². The highest BCUT2D eigenvalue weighted by Gasteiger charge is 2.27. The average Bonchev–Trinajstić information content (AvgIpc) is 3.31. The molecule has 34 heavy (non-hydrogen) atoms. The SMILES string of the molecule is Cc1ccc(C)c2sc(OC3CCN(C(=O)CC(c4ccccc4)c4ccccc4)CC3)nc12. The van der Waals surface area contributed by atoms with Crippen molar-refractivity contribution in [3.8, 4) is 5.19 Å². The number of rotatable bonds is 6. The fraction of sp³-hybridized carbons (Fsp3) is 0.310. The second-order valence-electron chi connectivity index (χ2n) is 9.13. The van der Waals surface area contributed by atoms with Gasteiger partial charge in [0.05, 0.1) is 10.2 Å². The van der Waals surface area contributed by atoms with E-state index in [0.717, 1.165) is 36.6 Å². The van der Waals surface area contributed by atoms with E-state index in [0.29, 0.717) is 6.42 Å². The lowest BCUT2D eigenvalue weighted by Crippen LogP contribution is -2.42. The molecule has 174 valence electrons. The summed E-state index contributed by atoms with van der Waals surface area (Å²) >= 11 is 1.63. The predicted molar refractivity (Wildman–Crippen MR) is 139 cm³/mol. The van der Waals surface area contributed by atoms with Gasteiger partial charge in [-0.25, -0.2) is 4.98 Å². The van der Waals surface area contributed by atoms with E-state index < -0.39 is 0 Å². The molecule has 0 bridgehead atoms. The maximum absolute atomic E-state index is 13.3. The molecule has 1 aromatic heterocycles. The molecule has 5 rings (SSSR count). The van der Waals surface area contributed by atoms with Crippen LogP contribution in [0.25, 0.3) is 10.2 Å². The second-order valence-corrected chi connectivity index (χ2v) is 10.1. The smallest absolute Gasteiger partial charge is 0.274 e. The molecule has 0 spiro atoms. The van der Waals surface area contributed by atoms with Crippen molar-refractivity contribution in [2.75, 3.05) is 13.1 Å². The fourth-order valence-electron chi connectivity index (χ4n) is 4.76. The molecule has 1 aliphatic heterocycles. The molecule has 5 heteroatoms. The van der Waals surface area contributed by atoms with E-state index in [9.17, 15) is 4.79 Å². The van der Waals surface area contributed by atoms with Crippen LogP contribution in [-0.4, -0.2) is 35.0 Å². The quantitative estimate of drug-likeness (QED) is 0.323. The zero-order chi connectivity index (χ0) is 23.5. The van der Waals surface area contributed by atoms with Crippen LogP contribution in [-0.2, 0) is 4.79 Å². The summed E-state index contributed by atoms with van der Waals surface area (Å²) < 4.78 is 7.47. The third-order valence-corrected chi connectivity index (χ3v) is 7.85. The Hall–Kier alpha value is -3.18. The summed E-state index contributed by atoms with van der Waals surface area (Å²) in [6.45, 7) is 5.66. The monoisotopic (exact) mass is 470 g/mol. The summed E-state index contributed by atoms with van der Waals surface area (Å²) in [7, 11) is 0. The summed E-state index contributed by atoms with van der Waals surface area (Å²) in [5.74, 6) is 0.278. The Bertz CT molecular complexity index is 1180. The first kappa shape index (κ1) is 22.6. The van der Waals surface area contributed by atoms with Gasteiger partial charge in [-0.3, -0.25) is 4.79 Å². The van der Waals surface area contributed by atoms with Crippen LogP contribution >= 0.6 is 11.3 Å². The number of hydrogen-bond acceptors (Lipinski definition) is 4. The molecule has 0 radical (unpaired) electrons. The van der Waals surface area contributed by atoms with Gasteiger partial charge in [0.15, 0.2) is 0 Å². The van der Waals surface area contributed by atoms with Gasteiger partial charge in [-0.1, -0.05) is 84.1 Å². The first-order valence-corrected chi connectivity index (χ1v) is 12.8. The van der Waals surface area contributed by atoms with Crippen molar-refractivity contribution in [2.24, 2.45) is 0 Å². The van der Waals surface area contributed by atoms with Crippen molar-refractivity contribution >= 4 is 27.5 Å². The van der Waals surface area contributed by atoms with Crippen molar-refractivity contribution in [3.63, 3.8) is 0 Å². The van der Waals surface area contributed by atoms with E-state index in [2.05, 4.69) is 50.2 Å². The van der Waals surface area contributed by atoms with Crippen LogP contribution in [0.1, 0.15) is 47.4 Å². The number of carbonyl (C=O) groups excluding carboxylic acids is 1. The number of thiazole rings is 1. The van der Waals surface area contributed by atoms with Crippen molar-refractivity contribution in [3.05, 3.63) is 95.1 Å². The van der Waals surface area contributed by atoms with Crippen molar-refractivity contribution in [1.29, 1.82) is 0 Å². The third-order valence-electron chi connectivity index (χ3n) is 6.77. The maximum Gasteiger partial charge on any atom is 0.274 e. The van der Waals surface area contributed by atoms with E-state index in [1.165, 1.54) is 27.0 Å². The Morgan fingerprint density at radius 2 is 1.53 bits per heavy atom. The number of ether oxygens (including phenoxy) is 1. The first-order chi connectivity index (χ1) is 16.6. The molecule has 4 aromatic rings. The van der Waals surface area contributed by atoms with Crippen LogP contribution < -0.4 is 4.74 Å². The number of fused-ring (bicyclic) bond motifs is 1. The van der Waals surface area contributed by atoms with E-state index in [1.807, 2.05) is 41.3 Å². The van der Waals surface area contributed by atoms with Crippen LogP contribution in [0.5, 0.6) is 5.19 Å². The second kappa shape index (κ2) is 9.98. The van der Waals surface area contributed by atoms with Crippen molar-refractivity contribution < 1.29 is 9.53 Å². The lowest BCUT2D eigenvalue weighted by atomic mass is 9.88. The van der Waals surface area contributed by atoms with Gasteiger partial charge < -0.3 is 9.64 Å². The standard InChI is InChI=1S/C29H30N2O2S/c1-20-13-14-21(2)28-27(20)30-29(34-28)33-24-15-17-31(18-16-24)26(32)19-25(22-9-5-3-6-10-22)23-11-7-4-8-12-23/h3-14,24-25H,15-19H2,1-2H3. The molecule has 0 saturated carbocycles. The minimum atomic E-state index is 0.0677. The van der Waals surface area contributed by atoms with Gasteiger partial charge in [-0.2, -0.15) is 0 Å². The summed E-state index contributed by atoms with van der Waals surface area (Å²) in [5.41, 5.74) is 5.82. The Balaban J connectivity index is 1.22. The summed E-state index contributed by atoms with van der Waals surface area (Å²) in [4.78, 5) is 20.0. The molecule has 2 heterocycles. The molecule has 0 aliphatic carbocycles. The largest absolute Gasteiger partial charge is 0.467 e. The maximum atomic E-state index is 13.3. The van der Waals surface area contributed by atoms with Gasteiger partial charge >= 0.3 is 0 Å². The normalized spacial score (nSPS) is 14.6. The van der Waals surface area contributed by atoms with E-state index in [1.54, 1.807) is 11.3 Å². The van der Waals surface area contributed by atoms with Crippen LogP contribution in [0.2, 0.25) is 0 Å². The lowest BCUT2D eigenvalue weighted by molar-refractivity contribution is -0.133. The van der Waals surface area contributed by atoms with E-state index in [4.69, 9.17) is 9.72 Å². The number of amides is 1.